The topological polar surface area (TPSA) is 60.2 Å². The van der Waals surface area contributed by atoms with Gasteiger partial charge < -0.3 is 0 Å². The number of nitro groups is 1. The molecular formula is C16H10BrClFNO3. The second-order valence-corrected chi connectivity index (χ2v) is 6.49. The maximum atomic E-state index is 13.4. The molecule has 118 valence electrons. The van der Waals surface area contributed by atoms with Crippen molar-refractivity contribution in [3.63, 3.8) is 0 Å². The number of aryl methyl sites for hydroxylation is 1. The minimum atomic E-state index is -0.664. The number of nitrogens with zero attached hydrogens (tertiary/aromatic N) is 1. The van der Waals surface area contributed by atoms with Crippen LogP contribution in [0.5, 0.6) is 0 Å². The normalized spacial score (nSPS) is 13.0. The Kier molecular flexibility index (Phi) is 4.21. The van der Waals surface area contributed by atoms with Crippen molar-refractivity contribution >= 4 is 39.0 Å². The van der Waals surface area contributed by atoms with Crippen molar-refractivity contribution in [2.75, 3.05) is 0 Å². The molecule has 0 N–H and O–H groups in total. The molecule has 7 heteroatoms. The van der Waals surface area contributed by atoms with E-state index in [9.17, 15) is 19.3 Å². The minimum Gasteiger partial charge on any atom is -0.288 e. The number of nitro benzene ring substituents is 1. The van der Waals surface area contributed by atoms with E-state index in [0.717, 1.165) is 42.5 Å². The fraction of sp³-hybridized carbons (Fsp3) is 0.188. The van der Waals surface area contributed by atoms with Crippen LogP contribution in [-0.4, -0.2) is 10.7 Å². The van der Waals surface area contributed by atoms with Crippen molar-refractivity contribution in [2.45, 2.75) is 19.3 Å². The molecule has 0 spiro atoms. The predicted molar refractivity (Wildman–Crippen MR) is 87.7 cm³/mol. The summed E-state index contributed by atoms with van der Waals surface area (Å²) in [5, 5.41) is 11.4. The Labute approximate surface area is 144 Å². The monoisotopic (exact) mass is 397 g/mol. The maximum Gasteiger partial charge on any atom is 0.282 e. The van der Waals surface area contributed by atoms with Gasteiger partial charge in [0.2, 0.25) is 5.78 Å². The highest BCUT2D eigenvalue weighted by Crippen LogP contribution is 2.39. The Bertz CT molecular complexity index is 854. The molecule has 0 bridgehead atoms. The zero-order chi connectivity index (χ0) is 16.7. The predicted octanol–water partition coefficient (Wildman–Crippen LogP) is 4.87. The molecule has 0 atom stereocenters. The summed E-state index contributed by atoms with van der Waals surface area (Å²) >= 11 is 9.30. The molecule has 1 aliphatic carbocycles. The number of carbonyl (C=O) groups excluding carboxylic acids is 1. The Morgan fingerprint density at radius 3 is 2.74 bits per heavy atom. The summed E-state index contributed by atoms with van der Waals surface area (Å²) in [7, 11) is 0. The van der Waals surface area contributed by atoms with Gasteiger partial charge in [-0.25, -0.2) is 4.39 Å². The van der Waals surface area contributed by atoms with Gasteiger partial charge in [0.25, 0.3) is 5.69 Å². The molecule has 23 heavy (non-hydrogen) atoms. The van der Waals surface area contributed by atoms with Gasteiger partial charge in [0.05, 0.1) is 9.95 Å². The van der Waals surface area contributed by atoms with E-state index in [1.807, 2.05) is 0 Å². The molecule has 0 aliphatic heterocycles. The van der Waals surface area contributed by atoms with Crippen LogP contribution in [0.3, 0.4) is 0 Å². The van der Waals surface area contributed by atoms with E-state index in [4.69, 9.17) is 11.6 Å². The first-order chi connectivity index (χ1) is 10.9. The van der Waals surface area contributed by atoms with Crippen molar-refractivity contribution in [3.8, 4) is 0 Å². The molecule has 2 aromatic rings. The number of ketones is 1. The van der Waals surface area contributed by atoms with E-state index in [-0.39, 0.29) is 21.8 Å². The highest BCUT2D eigenvalue weighted by Gasteiger charge is 2.31. The molecule has 0 aromatic heterocycles. The van der Waals surface area contributed by atoms with Crippen LogP contribution in [0.1, 0.15) is 33.5 Å². The van der Waals surface area contributed by atoms with Crippen molar-refractivity contribution in [3.05, 3.63) is 71.9 Å². The van der Waals surface area contributed by atoms with Crippen LogP contribution in [0.15, 0.2) is 28.7 Å². The average molecular weight is 399 g/mol. The van der Waals surface area contributed by atoms with E-state index in [0.29, 0.717) is 4.47 Å². The third kappa shape index (κ3) is 2.77. The Hall–Kier alpha value is -1.79. The van der Waals surface area contributed by atoms with Crippen LogP contribution in [0, 0.1) is 15.9 Å². The number of carbonyl (C=O) groups is 1. The lowest BCUT2D eigenvalue weighted by atomic mass is 9.97. The fourth-order valence-corrected chi connectivity index (χ4v) is 3.88. The SMILES string of the molecule is O=C(c1cc(F)ccc1Cl)c1c([N+](=O)[O-])cc2c(c1Br)CCC2. The molecule has 0 amide bonds. The lowest BCUT2D eigenvalue weighted by Crippen LogP contribution is -2.09. The highest BCUT2D eigenvalue weighted by molar-refractivity contribution is 9.10. The number of benzene rings is 2. The zero-order valence-electron chi connectivity index (χ0n) is 11.7. The number of rotatable bonds is 3. The molecule has 0 saturated carbocycles. The summed E-state index contributed by atoms with van der Waals surface area (Å²) in [4.78, 5) is 23.6. The molecule has 0 fully saturated rings. The van der Waals surface area contributed by atoms with Crippen LogP contribution in [0.4, 0.5) is 10.1 Å². The number of fused-ring (bicyclic) bond motifs is 1. The van der Waals surface area contributed by atoms with Gasteiger partial charge in [-0.15, -0.1) is 0 Å². The van der Waals surface area contributed by atoms with E-state index in [2.05, 4.69) is 15.9 Å². The molecule has 1 aliphatic rings. The summed E-state index contributed by atoms with van der Waals surface area (Å²) in [6.45, 7) is 0. The van der Waals surface area contributed by atoms with E-state index in [1.54, 1.807) is 0 Å². The summed E-state index contributed by atoms with van der Waals surface area (Å²) in [6.07, 6.45) is 2.36. The van der Waals surface area contributed by atoms with Gasteiger partial charge in [-0.2, -0.15) is 0 Å². The van der Waals surface area contributed by atoms with Crippen molar-refractivity contribution in [1.29, 1.82) is 0 Å². The van der Waals surface area contributed by atoms with Crippen LogP contribution < -0.4 is 0 Å². The summed E-state index contributed by atoms with van der Waals surface area (Å²) in [5.74, 6) is -1.29. The van der Waals surface area contributed by atoms with Crippen molar-refractivity contribution in [1.82, 2.24) is 0 Å². The molecule has 2 aromatic carbocycles. The van der Waals surface area contributed by atoms with E-state index >= 15 is 0 Å². The Morgan fingerprint density at radius 1 is 1.30 bits per heavy atom. The zero-order valence-corrected chi connectivity index (χ0v) is 14.1. The van der Waals surface area contributed by atoms with Crippen molar-refractivity contribution in [2.24, 2.45) is 0 Å². The molecule has 0 saturated heterocycles. The quantitative estimate of drug-likeness (QED) is 0.421. The molecule has 0 unspecified atom stereocenters. The van der Waals surface area contributed by atoms with Gasteiger partial charge in [-0.3, -0.25) is 14.9 Å². The lowest BCUT2D eigenvalue weighted by Gasteiger charge is -2.11. The van der Waals surface area contributed by atoms with Gasteiger partial charge in [0.1, 0.15) is 11.4 Å². The van der Waals surface area contributed by atoms with E-state index in [1.165, 1.54) is 12.1 Å². The van der Waals surface area contributed by atoms with Crippen LogP contribution >= 0.6 is 27.5 Å². The minimum absolute atomic E-state index is 0.0538. The average Bonchev–Trinajstić information content (AvgIpc) is 2.97. The second kappa shape index (κ2) is 6.02. The molecule has 0 heterocycles. The number of halogens is 3. The largest absolute Gasteiger partial charge is 0.288 e. The first-order valence-corrected chi connectivity index (χ1v) is 8.05. The molecule has 4 nitrogen and oxygen atoms in total. The third-order valence-electron chi connectivity index (χ3n) is 3.91. The van der Waals surface area contributed by atoms with Gasteiger partial charge in [0, 0.05) is 16.1 Å². The Balaban J connectivity index is 2.24. The van der Waals surface area contributed by atoms with Gasteiger partial charge in [-0.1, -0.05) is 11.6 Å². The van der Waals surface area contributed by atoms with Crippen molar-refractivity contribution < 1.29 is 14.1 Å². The fourth-order valence-electron chi connectivity index (χ4n) is 2.84. The Morgan fingerprint density at radius 2 is 2.04 bits per heavy atom. The standard InChI is InChI=1S/C16H10BrClFNO3/c17-15-10-3-1-2-8(10)6-13(20(22)23)14(15)16(21)11-7-9(19)4-5-12(11)18/h4-7H,1-3H2. The van der Waals surface area contributed by atoms with Gasteiger partial charge in [0.15, 0.2) is 0 Å². The summed E-state index contributed by atoms with van der Waals surface area (Å²) in [6, 6.07) is 4.82. The number of hydrogen-bond donors (Lipinski definition) is 0. The number of hydrogen-bond acceptors (Lipinski definition) is 3. The molecular weight excluding hydrogens is 389 g/mol. The van der Waals surface area contributed by atoms with Gasteiger partial charge in [-0.05, 0) is 64.5 Å². The van der Waals surface area contributed by atoms with Crippen LogP contribution in [0.25, 0.3) is 0 Å². The van der Waals surface area contributed by atoms with E-state index < -0.39 is 16.5 Å². The summed E-state index contributed by atoms with van der Waals surface area (Å²) in [5.41, 5.74) is 1.30. The molecule has 3 rings (SSSR count). The summed E-state index contributed by atoms with van der Waals surface area (Å²) < 4.78 is 13.9. The maximum absolute atomic E-state index is 13.4. The molecule has 0 radical (unpaired) electrons. The van der Waals surface area contributed by atoms with Gasteiger partial charge >= 0.3 is 0 Å². The highest BCUT2D eigenvalue weighted by atomic mass is 79.9. The first-order valence-electron chi connectivity index (χ1n) is 6.88. The lowest BCUT2D eigenvalue weighted by molar-refractivity contribution is -0.385. The first kappa shape index (κ1) is 16.1. The van der Waals surface area contributed by atoms with Crippen LogP contribution in [-0.2, 0) is 12.8 Å². The van der Waals surface area contributed by atoms with Crippen LogP contribution in [0.2, 0.25) is 5.02 Å². The second-order valence-electron chi connectivity index (χ2n) is 5.29. The third-order valence-corrected chi connectivity index (χ3v) is 5.11. The smallest absolute Gasteiger partial charge is 0.282 e.